The van der Waals surface area contributed by atoms with Gasteiger partial charge in [0, 0.05) is 24.5 Å². The van der Waals surface area contributed by atoms with E-state index in [4.69, 9.17) is 0 Å². The van der Waals surface area contributed by atoms with Gasteiger partial charge in [0.15, 0.2) is 0 Å². The van der Waals surface area contributed by atoms with Gasteiger partial charge in [0.2, 0.25) is 0 Å². The number of hydrogen-bond acceptors (Lipinski definition) is 2. The molecule has 1 unspecified atom stereocenters. The zero-order valence-corrected chi connectivity index (χ0v) is 8.90. The molecule has 0 spiro atoms. The summed E-state index contributed by atoms with van der Waals surface area (Å²) in [6.45, 7) is 4.50. The van der Waals surface area contributed by atoms with Gasteiger partial charge in [0.25, 0.3) is 0 Å². The Hall–Kier alpha value is -0.890. The first-order valence-corrected chi connectivity index (χ1v) is 5.43. The predicted molar refractivity (Wildman–Crippen MR) is 58.0 cm³/mol. The first kappa shape index (κ1) is 9.66. The van der Waals surface area contributed by atoms with Gasteiger partial charge in [-0.1, -0.05) is 0 Å². The van der Waals surface area contributed by atoms with E-state index in [2.05, 4.69) is 36.3 Å². The Kier molecular flexibility index (Phi) is 2.82. The molecule has 76 valence electrons. The lowest BCUT2D eigenvalue weighted by atomic mass is 10.1. The second kappa shape index (κ2) is 4.09. The second-order valence-corrected chi connectivity index (χ2v) is 4.30. The molecule has 0 amide bonds. The first-order valence-electron chi connectivity index (χ1n) is 5.43. The highest BCUT2D eigenvalue weighted by molar-refractivity contribution is 5.14. The zero-order valence-electron chi connectivity index (χ0n) is 8.90. The van der Waals surface area contributed by atoms with Crippen LogP contribution in [0.15, 0.2) is 24.5 Å². The van der Waals surface area contributed by atoms with Crippen molar-refractivity contribution in [2.75, 3.05) is 0 Å². The van der Waals surface area contributed by atoms with Gasteiger partial charge < -0.3 is 5.32 Å². The fourth-order valence-electron chi connectivity index (χ4n) is 1.87. The lowest BCUT2D eigenvalue weighted by Crippen LogP contribution is -2.30. The summed E-state index contributed by atoms with van der Waals surface area (Å²) in [7, 11) is 0. The summed E-state index contributed by atoms with van der Waals surface area (Å²) in [6, 6.07) is 5.25. The fourth-order valence-corrected chi connectivity index (χ4v) is 1.87. The number of pyridine rings is 1. The molecule has 0 radical (unpaired) electrons. The third-order valence-electron chi connectivity index (χ3n) is 3.05. The van der Waals surface area contributed by atoms with Crippen molar-refractivity contribution in [3.63, 3.8) is 0 Å². The topological polar surface area (TPSA) is 24.9 Å². The lowest BCUT2D eigenvalue weighted by Gasteiger charge is -2.19. The molecule has 1 aliphatic carbocycles. The van der Waals surface area contributed by atoms with Crippen molar-refractivity contribution in [3.05, 3.63) is 30.1 Å². The molecule has 2 nitrogen and oxygen atoms in total. The minimum Gasteiger partial charge on any atom is -0.307 e. The first-order chi connectivity index (χ1) is 6.77. The molecule has 0 saturated heterocycles. The van der Waals surface area contributed by atoms with E-state index >= 15 is 0 Å². The van der Waals surface area contributed by atoms with Crippen molar-refractivity contribution in [2.45, 2.75) is 38.8 Å². The monoisotopic (exact) mass is 190 g/mol. The predicted octanol–water partition coefficient (Wildman–Crippen LogP) is 2.53. The van der Waals surface area contributed by atoms with E-state index in [9.17, 15) is 0 Å². The maximum absolute atomic E-state index is 4.03. The number of nitrogens with zero attached hydrogens (tertiary/aromatic N) is 1. The Morgan fingerprint density at radius 2 is 1.93 bits per heavy atom. The summed E-state index contributed by atoms with van der Waals surface area (Å²) in [5.74, 6) is 0.916. The van der Waals surface area contributed by atoms with Gasteiger partial charge in [-0.05, 0) is 50.3 Å². The van der Waals surface area contributed by atoms with Crippen molar-refractivity contribution in [1.29, 1.82) is 0 Å². The fraction of sp³-hybridized carbons (Fsp3) is 0.583. The molecule has 1 saturated carbocycles. The van der Waals surface area contributed by atoms with Crippen LogP contribution in [-0.2, 0) is 0 Å². The van der Waals surface area contributed by atoms with Crippen LogP contribution in [0.3, 0.4) is 0 Å². The molecule has 0 aliphatic heterocycles. The zero-order chi connectivity index (χ0) is 9.97. The lowest BCUT2D eigenvalue weighted by molar-refractivity contribution is 0.441. The average Bonchev–Trinajstić information content (AvgIpc) is 3.02. The van der Waals surface area contributed by atoms with Crippen molar-refractivity contribution in [3.8, 4) is 0 Å². The normalized spacial score (nSPS) is 20.4. The summed E-state index contributed by atoms with van der Waals surface area (Å²) in [5, 5.41) is 3.63. The summed E-state index contributed by atoms with van der Waals surface area (Å²) in [5.41, 5.74) is 1.33. The molecule has 0 bridgehead atoms. The smallest absolute Gasteiger partial charge is 0.0295 e. The van der Waals surface area contributed by atoms with Crippen LogP contribution in [0.1, 0.15) is 38.3 Å². The standard InChI is InChI=1S/C12H18N2/c1-9(11-3-4-11)14-10(2)12-5-7-13-8-6-12/h5-11,14H,3-4H2,1-2H3/t9?,10-/m0/s1. The van der Waals surface area contributed by atoms with Gasteiger partial charge in [-0.15, -0.1) is 0 Å². The van der Waals surface area contributed by atoms with E-state index in [0.29, 0.717) is 12.1 Å². The van der Waals surface area contributed by atoms with Gasteiger partial charge in [-0.2, -0.15) is 0 Å². The van der Waals surface area contributed by atoms with Gasteiger partial charge >= 0.3 is 0 Å². The van der Waals surface area contributed by atoms with Crippen LogP contribution in [-0.4, -0.2) is 11.0 Å². The molecular formula is C12H18N2. The highest BCUT2D eigenvalue weighted by Gasteiger charge is 2.28. The van der Waals surface area contributed by atoms with Gasteiger partial charge in [0.05, 0.1) is 0 Å². The van der Waals surface area contributed by atoms with E-state index < -0.39 is 0 Å². The molecule has 0 aromatic carbocycles. The molecule has 2 atom stereocenters. The molecule has 2 heteroatoms. The maximum atomic E-state index is 4.03. The molecule has 1 aromatic rings. The van der Waals surface area contributed by atoms with Crippen molar-refractivity contribution >= 4 is 0 Å². The summed E-state index contributed by atoms with van der Waals surface area (Å²) in [6.07, 6.45) is 6.51. The molecule has 14 heavy (non-hydrogen) atoms. The minimum atomic E-state index is 0.439. The Labute approximate surface area is 85.7 Å². The molecule has 1 heterocycles. The minimum absolute atomic E-state index is 0.439. The van der Waals surface area contributed by atoms with Gasteiger partial charge in [-0.25, -0.2) is 0 Å². The number of aromatic nitrogens is 1. The second-order valence-electron chi connectivity index (χ2n) is 4.30. The Balaban J connectivity index is 1.91. The molecule has 2 rings (SSSR count). The van der Waals surface area contributed by atoms with Crippen molar-refractivity contribution in [2.24, 2.45) is 5.92 Å². The van der Waals surface area contributed by atoms with Crippen LogP contribution in [0.5, 0.6) is 0 Å². The van der Waals surface area contributed by atoms with Gasteiger partial charge in [0.1, 0.15) is 0 Å². The van der Waals surface area contributed by atoms with Crippen molar-refractivity contribution < 1.29 is 0 Å². The molecule has 1 aromatic heterocycles. The van der Waals surface area contributed by atoms with Crippen LogP contribution in [0.2, 0.25) is 0 Å². The Morgan fingerprint density at radius 3 is 2.50 bits per heavy atom. The van der Waals surface area contributed by atoms with Gasteiger partial charge in [-0.3, -0.25) is 4.98 Å². The summed E-state index contributed by atoms with van der Waals surface area (Å²) in [4.78, 5) is 4.03. The largest absolute Gasteiger partial charge is 0.307 e. The van der Waals surface area contributed by atoms with E-state index in [1.165, 1.54) is 18.4 Å². The molecular weight excluding hydrogens is 172 g/mol. The van der Waals surface area contributed by atoms with Crippen LogP contribution in [0.25, 0.3) is 0 Å². The SMILES string of the molecule is CC(N[C@@H](C)c1ccncc1)C1CC1. The summed E-state index contributed by atoms with van der Waals surface area (Å²) >= 11 is 0. The number of hydrogen-bond donors (Lipinski definition) is 1. The Morgan fingerprint density at radius 1 is 1.29 bits per heavy atom. The van der Waals surface area contributed by atoms with E-state index in [1.54, 1.807) is 0 Å². The molecule has 1 fully saturated rings. The van der Waals surface area contributed by atoms with E-state index in [1.807, 2.05) is 12.4 Å². The molecule has 1 N–H and O–H groups in total. The number of rotatable bonds is 4. The highest BCUT2D eigenvalue weighted by atomic mass is 15.0. The summed E-state index contributed by atoms with van der Waals surface area (Å²) < 4.78 is 0. The van der Waals surface area contributed by atoms with Crippen LogP contribution >= 0.6 is 0 Å². The van der Waals surface area contributed by atoms with Crippen LogP contribution < -0.4 is 5.32 Å². The average molecular weight is 190 g/mol. The quantitative estimate of drug-likeness (QED) is 0.789. The van der Waals surface area contributed by atoms with E-state index in [-0.39, 0.29) is 0 Å². The van der Waals surface area contributed by atoms with Crippen LogP contribution in [0, 0.1) is 5.92 Å². The van der Waals surface area contributed by atoms with E-state index in [0.717, 1.165) is 5.92 Å². The van der Waals surface area contributed by atoms with Crippen LogP contribution in [0.4, 0.5) is 0 Å². The highest BCUT2D eigenvalue weighted by Crippen LogP contribution is 2.33. The Bertz CT molecular complexity index is 280. The molecule has 1 aliphatic rings. The number of nitrogens with one attached hydrogen (secondary N) is 1. The maximum Gasteiger partial charge on any atom is 0.0295 e. The van der Waals surface area contributed by atoms with Crippen molar-refractivity contribution in [1.82, 2.24) is 10.3 Å². The third-order valence-corrected chi connectivity index (χ3v) is 3.05. The third kappa shape index (κ3) is 2.32.